The van der Waals surface area contributed by atoms with Gasteiger partial charge in [0.25, 0.3) is 0 Å². The van der Waals surface area contributed by atoms with Gasteiger partial charge in [0.15, 0.2) is 23.5 Å². The lowest BCUT2D eigenvalue weighted by Crippen LogP contribution is -2.24. The number of hydrogen-bond acceptors (Lipinski definition) is 8. The van der Waals surface area contributed by atoms with Gasteiger partial charge in [0.2, 0.25) is 0 Å². The molecule has 1 aliphatic heterocycles. The van der Waals surface area contributed by atoms with Crippen molar-refractivity contribution < 1.29 is 19.4 Å². The van der Waals surface area contributed by atoms with Gasteiger partial charge in [-0.2, -0.15) is 5.10 Å². The summed E-state index contributed by atoms with van der Waals surface area (Å²) in [7, 11) is 3.73. The van der Waals surface area contributed by atoms with Crippen molar-refractivity contribution in [3.8, 4) is 11.5 Å². The minimum Gasteiger partial charge on any atom is -0.463 e. The molecule has 3 unspecified atom stereocenters. The molecular formula is C17H20N6O4. The fraction of sp³-hybridized carbons (Fsp3) is 0.412. The number of nitrogens with zero attached hydrogens (tertiary/aromatic N) is 6. The summed E-state index contributed by atoms with van der Waals surface area (Å²) in [5.41, 5.74) is 1.05. The van der Waals surface area contributed by atoms with Crippen LogP contribution in [0.3, 0.4) is 0 Å². The molecule has 0 saturated carbocycles. The van der Waals surface area contributed by atoms with Gasteiger partial charge in [-0.15, -0.1) is 0 Å². The predicted octanol–water partition coefficient (Wildman–Crippen LogP) is 0.948. The normalized spacial score (nSPS) is 22.9. The second kappa shape index (κ2) is 7.06. The van der Waals surface area contributed by atoms with Crippen molar-refractivity contribution in [3.05, 3.63) is 24.7 Å². The molecule has 0 aromatic carbocycles. The number of aliphatic hydroxyl groups excluding tert-OH is 2. The molecule has 3 aromatic heterocycles. The minimum atomic E-state index is -0.778. The fourth-order valence-electron chi connectivity index (χ4n) is 3.04. The molecule has 4 rings (SSSR count). The molecule has 142 valence electrons. The zero-order chi connectivity index (χ0) is 19.0. The smallest absolute Gasteiger partial charge is 0.168 e. The first kappa shape index (κ1) is 17.6. The molecule has 27 heavy (non-hydrogen) atoms. The van der Waals surface area contributed by atoms with Crippen LogP contribution in [-0.2, 0) is 4.74 Å². The van der Waals surface area contributed by atoms with Crippen LogP contribution in [0.2, 0.25) is 0 Å². The van der Waals surface area contributed by atoms with Crippen LogP contribution in [0.25, 0.3) is 22.5 Å². The Morgan fingerprint density at radius 1 is 1.41 bits per heavy atom. The topological polar surface area (TPSA) is 122 Å². The van der Waals surface area contributed by atoms with Crippen molar-refractivity contribution >= 4 is 23.2 Å². The van der Waals surface area contributed by atoms with E-state index in [2.05, 4.69) is 20.1 Å². The number of ether oxygens (including phenoxy) is 1. The summed E-state index contributed by atoms with van der Waals surface area (Å²) >= 11 is 0. The molecule has 2 N–H and O–H groups in total. The van der Waals surface area contributed by atoms with Gasteiger partial charge in [0.1, 0.15) is 18.1 Å². The van der Waals surface area contributed by atoms with Crippen molar-refractivity contribution in [2.75, 3.05) is 20.7 Å². The fourth-order valence-corrected chi connectivity index (χ4v) is 3.04. The highest BCUT2D eigenvalue weighted by atomic mass is 16.5. The quantitative estimate of drug-likeness (QED) is 0.501. The van der Waals surface area contributed by atoms with Gasteiger partial charge in [0.05, 0.1) is 30.7 Å². The van der Waals surface area contributed by atoms with Gasteiger partial charge in [-0.1, -0.05) is 0 Å². The number of aliphatic imine (C=N–C) groups is 1. The zero-order valence-corrected chi connectivity index (χ0v) is 14.9. The molecule has 1 fully saturated rings. The highest BCUT2D eigenvalue weighted by molar-refractivity contribution is 5.97. The van der Waals surface area contributed by atoms with E-state index in [4.69, 9.17) is 9.15 Å². The van der Waals surface area contributed by atoms with Crippen LogP contribution in [-0.4, -0.2) is 74.1 Å². The van der Waals surface area contributed by atoms with Gasteiger partial charge in [-0.25, -0.2) is 19.6 Å². The third-order valence-electron chi connectivity index (χ3n) is 4.29. The summed E-state index contributed by atoms with van der Waals surface area (Å²) in [4.78, 5) is 14.8. The molecule has 0 bridgehead atoms. The average molecular weight is 372 g/mol. The highest BCUT2D eigenvalue weighted by Crippen LogP contribution is 2.37. The van der Waals surface area contributed by atoms with E-state index in [9.17, 15) is 10.2 Å². The van der Waals surface area contributed by atoms with Crippen LogP contribution >= 0.6 is 0 Å². The maximum Gasteiger partial charge on any atom is 0.168 e. The largest absolute Gasteiger partial charge is 0.463 e. The van der Waals surface area contributed by atoms with Crippen molar-refractivity contribution in [2.45, 2.75) is 24.9 Å². The summed E-state index contributed by atoms with van der Waals surface area (Å²) in [5.74, 6) is 0.996. The summed E-state index contributed by atoms with van der Waals surface area (Å²) in [6.45, 7) is -0.269. The van der Waals surface area contributed by atoms with Crippen LogP contribution in [0.5, 0.6) is 0 Å². The van der Waals surface area contributed by atoms with E-state index in [1.807, 2.05) is 14.1 Å². The Morgan fingerprint density at radius 3 is 2.93 bits per heavy atom. The van der Waals surface area contributed by atoms with Gasteiger partial charge in [-0.05, 0) is 12.1 Å². The maximum atomic E-state index is 10.1. The Hall–Kier alpha value is -2.82. The number of fused-ring (bicyclic) bond motifs is 1. The number of aromatic nitrogens is 4. The van der Waals surface area contributed by atoms with E-state index >= 15 is 0 Å². The lowest BCUT2D eigenvalue weighted by atomic mass is 10.2. The first-order valence-electron chi connectivity index (χ1n) is 8.50. The minimum absolute atomic E-state index is 0.269. The first-order chi connectivity index (χ1) is 13.1. The van der Waals surface area contributed by atoms with E-state index in [1.54, 1.807) is 34.3 Å². The standard InChI is InChI=1S/C17H20N6O4/c1-22(2)9-20-16-14-15(11-4-3-5-26-11)21-23(17(14)19-8-18-16)13-6-10(25)12(7-24)27-13/h3-5,8-10,12-13,24-25H,6-7H2,1-2H3. The van der Waals surface area contributed by atoms with Crippen LogP contribution in [0.1, 0.15) is 12.6 Å². The Labute approximate surface area is 154 Å². The van der Waals surface area contributed by atoms with Crippen LogP contribution in [0.4, 0.5) is 5.82 Å². The lowest BCUT2D eigenvalue weighted by Gasteiger charge is -2.12. The third kappa shape index (κ3) is 3.18. The summed E-state index contributed by atoms with van der Waals surface area (Å²) in [5, 5.41) is 24.7. The van der Waals surface area contributed by atoms with Crippen LogP contribution < -0.4 is 0 Å². The van der Waals surface area contributed by atoms with Gasteiger partial charge in [0, 0.05) is 20.5 Å². The predicted molar refractivity (Wildman–Crippen MR) is 96.5 cm³/mol. The highest BCUT2D eigenvalue weighted by Gasteiger charge is 2.36. The molecule has 3 atom stereocenters. The molecule has 1 aliphatic rings. The first-order valence-corrected chi connectivity index (χ1v) is 8.50. The zero-order valence-electron chi connectivity index (χ0n) is 14.9. The van der Waals surface area contributed by atoms with Crippen molar-refractivity contribution in [2.24, 2.45) is 4.99 Å². The molecule has 0 amide bonds. The second-order valence-electron chi connectivity index (χ2n) is 6.49. The van der Waals surface area contributed by atoms with E-state index < -0.39 is 18.4 Å². The molecule has 10 heteroatoms. The van der Waals surface area contributed by atoms with Gasteiger partial charge >= 0.3 is 0 Å². The van der Waals surface area contributed by atoms with E-state index in [0.717, 1.165) is 0 Å². The monoisotopic (exact) mass is 372 g/mol. The second-order valence-corrected chi connectivity index (χ2v) is 6.49. The number of hydrogen-bond donors (Lipinski definition) is 2. The summed E-state index contributed by atoms with van der Waals surface area (Å²) in [6.07, 6.45) is 2.90. The van der Waals surface area contributed by atoms with Crippen molar-refractivity contribution in [1.29, 1.82) is 0 Å². The summed E-state index contributed by atoms with van der Waals surface area (Å²) < 4.78 is 12.9. The number of rotatable bonds is 5. The maximum absolute atomic E-state index is 10.1. The van der Waals surface area contributed by atoms with Crippen LogP contribution in [0, 0.1) is 0 Å². The number of aliphatic hydroxyl groups is 2. The molecule has 0 radical (unpaired) electrons. The summed E-state index contributed by atoms with van der Waals surface area (Å²) in [6, 6.07) is 3.56. The Morgan fingerprint density at radius 2 is 2.26 bits per heavy atom. The Bertz CT molecular complexity index is 952. The Kier molecular flexibility index (Phi) is 4.60. The number of furan rings is 1. The third-order valence-corrected chi connectivity index (χ3v) is 4.29. The molecule has 0 spiro atoms. The Balaban J connectivity index is 1.88. The van der Waals surface area contributed by atoms with Gasteiger partial charge < -0.3 is 24.3 Å². The van der Waals surface area contributed by atoms with Gasteiger partial charge in [-0.3, -0.25) is 0 Å². The molecule has 10 nitrogen and oxygen atoms in total. The van der Waals surface area contributed by atoms with Crippen molar-refractivity contribution in [1.82, 2.24) is 24.6 Å². The van der Waals surface area contributed by atoms with E-state index in [-0.39, 0.29) is 6.61 Å². The van der Waals surface area contributed by atoms with E-state index in [1.165, 1.54) is 6.33 Å². The molecular weight excluding hydrogens is 352 g/mol. The molecule has 3 aromatic rings. The lowest BCUT2D eigenvalue weighted by molar-refractivity contribution is -0.0469. The van der Waals surface area contributed by atoms with Crippen LogP contribution in [0.15, 0.2) is 34.1 Å². The molecule has 4 heterocycles. The molecule has 0 aliphatic carbocycles. The van der Waals surface area contributed by atoms with Crippen molar-refractivity contribution in [3.63, 3.8) is 0 Å². The average Bonchev–Trinajstić information content (AvgIpc) is 3.37. The van der Waals surface area contributed by atoms with E-state index in [0.29, 0.717) is 34.7 Å². The SMILES string of the molecule is CN(C)C=Nc1ncnc2c1c(-c1ccco1)nn2C1CC(O)C(CO)O1. The molecule has 1 saturated heterocycles.